The number of rotatable bonds is 11. The van der Waals surface area contributed by atoms with Crippen molar-refractivity contribution in [2.75, 3.05) is 38.4 Å². The number of nitrogens with one attached hydrogen (secondary N) is 2. The van der Waals surface area contributed by atoms with Crippen LogP contribution in [-0.2, 0) is 17.9 Å². The Kier molecular flexibility index (Phi) is 15.9. The molecule has 8 N–H and O–H groups in total. The molecule has 0 heterocycles. The van der Waals surface area contributed by atoms with Gasteiger partial charge in [-0.25, -0.2) is 0 Å². The molecule has 3 rings (SSSR count). The number of para-hydroxylation sites is 1. The number of hydrogen-bond donors (Lipinski definition) is 5. The molecule has 3 aromatic carbocycles. The van der Waals surface area contributed by atoms with E-state index < -0.39 is 0 Å². The van der Waals surface area contributed by atoms with Crippen molar-refractivity contribution in [1.82, 2.24) is 5.32 Å². The lowest BCUT2D eigenvalue weighted by atomic mass is 10.0. The van der Waals surface area contributed by atoms with E-state index in [1.54, 1.807) is 0 Å². The Morgan fingerprint density at radius 1 is 0.824 bits per heavy atom. The molecule has 186 valence electrons. The molecule has 0 aliphatic heterocycles. The van der Waals surface area contributed by atoms with E-state index in [1.807, 2.05) is 37.4 Å². The summed E-state index contributed by atoms with van der Waals surface area (Å²) >= 11 is 0. The van der Waals surface area contributed by atoms with Crippen LogP contribution >= 0.6 is 0 Å². The van der Waals surface area contributed by atoms with Crippen LogP contribution in [0.4, 0.5) is 11.4 Å². The molecule has 0 radical (unpaired) electrons. The van der Waals surface area contributed by atoms with E-state index in [4.69, 9.17) is 16.2 Å². The van der Waals surface area contributed by atoms with Crippen molar-refractivity contribution in [1.29, 1.82) is 0 Å². The van der Waals surface area contributed by atoms with Gasteiger partial charge in [-0.1, -0.05) is 74.4 Å². The Morgan fingerprint density at radius 2 is 1.47 bits per heavy atom. The van der Waals surface area contributed by atoms with Crippen LogP contribution < -0.4 is 27.8 Å². The maximum absolute atomic E-state index is 5.67. The predicted molar refractivity (Wildman–Crippen MR) is 147 cm³/mol. The van der Waals surface area contributed by atoms with Crippen molar-refractivity contribution in [3.05, 3.63) is 83.9 Å². The summed E-state index contributed by atoms with van der Waals surface area (Å²) in [5.41, 5.74) is 22.1. The maximum Gasteiger partial charge on any atom is 0.0972 e. The van der Waals surface area contributed by atoms with Gasteiger partial charge in [-0.05, 0) is 54.9 Å². The smallest absolute Gasteiger partial charge is 0.0972 e. The predicted octanol–water partition coefficient (Wildman–Crippen LogP) is 4.95. The molecule has 0 saturated heterocycles. The first kappa shape index (κ1) is 29.1. The number of anilines is 2. The minimum Gasteiger partial charge on any atom is -0.399 e. The summed E-state index contributed by atoms with van der Waals surface area (Å²) in [7, 11) is 3.45. The molecule has 0 fully saturated rings. The Hall–Kier alpha value is -2.90. The number of hydrogen-bond acceptors (Lipinski definition) is 6. The highest BCUT2D eigenvalue weighted by atomic mass is 16.5. The molecule has 0 aliphatic rings. The van der Waals surface area contributed by atoms with Crippen molar-refractivity contribution in [2.24, 2.45) is 11.5 Å². The van der Waals surface area contributed by atoms with E-state index in [0.717, 1.165) is 30.0 Å². The van der Waals surface area contributed by atoms with Gasteiger partial charge in [-0.3, -0.25) is 5.32 Å². The van der Waals surface area contributed by atoms with E-state index >= 15 is 0 Å². The zero-order valence-corrected chi connectivity index (χ0v) is 21.0. The molecular weight excluding hydrogens is 422 g/mol. The third-order valence-electron chi connectivity index (χ3n) is 5.05. The molecule has 0 spiro atoms. The van der Waals surface area contributed by atoms with Gasteiger partial charge in [-0.15, -0.1) is 0 Å². The fourth-order valence-corrected chi connectivity index (χ4v) is 3.20. The Morgan fingerprint density at radius 3 is 2.06 bits per heavy atom. The van der Waals surface area contributed by atoms with Gasteiger partial charge in [0.25, 0.3) is 0 Å². The van der Waals surface area contributed by atoms with Crippen LogP contribution in [0.5, 0.6) is 0 Å². The highest BCUT2D eigenvalue weighted by Gasteiger charge is 2.03. The van der Waals surface area contributed by atoms with Crippen LogP contribution in [0.1, 0.15) is 37.3 Å². The molecule has 6 nitrogen and oxygen atoms in total. The Balaban J connectivity index is 0.000000631. The molecule has 0 amide bonds. The fourth-order valence-electron chi connectivity index (χ4n) is 3.20. The average molecular weight is 466 g/mol. The first-order valence-electron chi connectivity index (χ1n) is 11.9. The van der Waals surface area contributed by atoms with E-state index in [9.17, 15) is 0 Å². The number of ether oxygens (including phenoxy) is 1. The van der Waals surface area contributed by atoms with Crippen molar-refractivity contribution in [2.45, 2.75) is 39.3 Å². The van der Waals surface area contributed by atoms with Crippen LogP contribution in [0.25, 0.3) is 11.1 Å². The van der Waals surface area contributed by atoms with Gasteiger partial charge in [0.05, 0.1) is 13.3 Å². The number of nitrogens with two attached hydrogens (primary N) is 3. The minimum atomic E-state index is 0.509. The SMILES string of the molecule is CCCCCN.CN.CNc1ccccc1-c1ccc(CNCOCc2ccc(N)cc2)cc1. The highest BCUT2D eigenvalue weighted by Crippen LogP contribution is 2.27. The van der Waals surface area contributed by atoms with Crippen molar-refractivity contribution >= 4 is 11.4 Å². The second kappa shape index (κ2) is 18.5. The largest absolute Gasteiger partial charge is 0.399 e. The summed E-state index contributed by atoms with van der Waals surface area (Å²) in [5, 5.41) is 6.54. The maximum atomic E-state index is 5.67. The summed E-state index contributed by atoms with van der Waals surface area (Å²) in [4.78, 5) is 0. The van der Waals surface area contributed by atoms with E-state index in [0.29, 0.717) is 13.3 Å². The van der Waals surface area contributed by atoms with Crippen molar-refractivity contribution < 1.29 is 4.74 Å². The molecule has 3 aromatic rings. The zero-order valence-electron chi connectivity index (χ0n) is 21.0. The van der Waals surface area contributed by atoms with Gasteiger partial charge in [0.15, 0.2) is 0 Å². The summed E-state index contributed by atoms with van der Waals surface area (Å²) in [6.45, 7) is 4.89. The second-order valence-corrected chi connectivity index (χ2v) is 7.65. The molecule has 0 aromatic heterocycles. The quantitative estimate of drug-likeness (QED) is 0.156. The lowest BCUT2D eigenvalue weighted by Crippen LogP contribution is -2.17. The normalized spacial score (nSPS) is 9.91. The van der Waals surface area contributed by atoms with E-state index in [1.165, 1.54) is 43.0 Å². The van der Waals surface area contributed by atoms with Gasteiger partial charge >= 0.3 is 0 Å². The van der Waals surface area contributed by atoms with Crippen LogP contribution in [0.15, 0.2) is 72.8 Å². The van der Waals surface area contributed by atoms with Crippen LogP contribution in [0.3, 0.4) is 0 Å². The molecule has 0 bridgehead atoms. The average Bonchev–Trinajstić information content (AvgIpc) is 2.90. The standard InChI is InChI=1S/C22H25N3O.C5H13N.CH5N/c1-24-22-5-3-2-4-21(22)19-10-6-17(7-11-19)14-25-16-26-15-18-8-12-20(23)13-9-18;1-2-3-4-5-6;1-2/h2-13,24-25H,14-16,23H2,1H3;2-6H2,1H3;2H2,1H3. The van der Waals surface area contributed by atoms with Gasteiger partial charge in [0.1, 0.15) is 0 Å². The highest BCUT2D eigenvalue weighted by molar-refractivity contribution is 5.77. The Labute approximate surface area is 205 Å². The zero-order chi connectivity index (χ0) is 25.0. The molecule has 0 saturated carbocycles. The lowest BCUT2D eigenvalue weighted by Gasteiger charge is -2.10. The van der Waals surface area contributed by atoms with Gasteiger partial charge < -0.3 is 27.3 Å². The Bertz CT molecular complexity index is 878. The van der Waals surface area contributed by atoms with Crippen molar-refractivity contribution in [3.63, 3.8) is 0 Å². The van der Waals surface area contributed by atoms with Crippen molar-refractivity contribution in [3.8, 4) is 11.1 Å². The van der Waals surface area contributed by atoms with Crippen LogP contribution in [0, 0.1) is 0 Å². The summed E-state index contributed by atoms with van der Waals surface area (Å²) < 4.78 is 5.64. The summed E-state index contributed by atoms with van der Waals surface area (Å²) in [6.07, 6.45) is 3.75. The number of nitrogen functional groups attached to an aromatic ring is 1. The third kappa shape index (κ3) is 11.3. The minimum absolute atomic E-state index is 0.509. The topological polar surface area (TPSA) is 111 Å². The van der Waals surface area contributed by atoms with Gasteiger partial charge in [-0.2, -0.15) is 0 Å². The number of benzene rings is 3. The van der Waals surface area contributed by atoms with E-state index in [-0.39, 0.29) is 0 Å². The van der Waals surface area contributed by atoms with Gasteiger partial charge in [0.2, 0.25) is 0 Å². The molecule has 0 unspecified atom stereocenters. The molecule has 0 aliphatic carbocycles. The first-order chi connectivity index (χ1) is 16.7. The molecular formula is C28H43N5O. The summed E-state index contributed by atoms with van der Waals surface area (Å²) in [5.74, 6) is 0. The second-order valence-electron chi connectivity index (χ2n) is 7.65. The molecule has 34 heavy (non-hydrogen) atoms. The monoisotopic (exact) mass is 465 g/mol. The molecule has 6 heteroatoms. The number of unbranched alkanes of at least 4 members (excludes halogenated alkanes) is 2. The molecule has 0 atom stereocenters. The first-order valence-corrected chi connectivity index (χ1v) is 11.9. The van der Waals surface area contributed by atoms with Crippen LogP contribution in [0.2, 0.25) is 0 Å². The van der Waals surface area contributed by atoms with Gasteiger partial charge in [0, 0.05) is 30.5 Å². The van der Waals surface area contributed by atoms with E-state index in [2.05, 4.69) is 65.8 Å². The lowest BCUT2D eigenvalue weighted by molar-refractivity contribution is 0.102. The third-order valence-corrected chi connectivity index (χ3v) is 5.05. The summed E-state index contributed by atoms with van der Waals surface area (Å²) in [6, 6.07) is 24.7. The van der Waals surface area contributed by atoms with Crippen LogP contribution in [-0.4, -0.2) is 27.4 Å². The fraction of sp³-hybridized carbons (Fsp3) is 0.357.